The van der Waals surface area contributed by atoms with Gasteiger partial charge in [-0.1, -0.05) is 46.9 Å². The number of hydrogen-bond donors (Lipinski definition) is 0. The zero-order valence-corrected chi connectivity index (χ0v) is 12.1. The third-order valence-electron chi connectivity index (χ3n) is 2.76. The molecule has 1 heterocycles. The maximum absolute atomic E-state index is 12.0. The monoisotopic (exact) mass is 325 g/mol. The van der Waals surface area contributed by atoms with Gasteiger partial charge in [0, 0.05) is 5.02 Å². The Morgan fingerprint density at radius 2 is 1.75 bits per heavy atom. The molecule has 0 spiro atoms. The van der Waals surface area contributed by atoms with Crippen molar-refractivity contribution in [2.75, 3.05) is 0 Å². The Morgan fingerprint density at radius 1 is 1.00 bits per heavy atom. The van der Waals surface area contributed by atoms with E-state index in [2.05, 4.69) is 4.98 Å². The maximum atomic E-state index is 12.0. The molecule has 0 fully saturated rings. The molecule has 0 N–H and O–H groups in total. The summed E-state index contributed by atoms with van der Waals surface area (Å²) in [5.41, 5.74) is 0.302. The lowest BCUT2D eigenvalue weighted by molar-refractivity contribution is 0.518. The van der Waals surface area contributed by atoms with Gasteiger partial charge in [0.1, 0.15) is 5.52 Å². The van der Waals surface area contributed by atoms with E-state index >= 15 is 0 Å². The first-order chi connectivity index (χ1) is 9.56. The van der Waals surface area contributed by atoms with Gasteiger partial charge in [-0.25, -0.2) is 9.78 Å². The molecule has 0 bridgehead atoms. The molecular formula is C14H6Cl3NO2. The molecule has 3 nitrogen and oxygen atoms in total. The first kappa shape index (κ1) is 13.4. The fourth-order valence-electron chi connectivity index (χ4n) is 1.85. The van der Waals surface area contributed by atoms with Crippen molar-refractivity contribution in [1.82, 2.24) is 4.98 Å². The van der Waals surface area contributed by atoms with Gasteiger partial charge in [0.05, 0.1) is 21.0 Å². The van der Waals surface area contributed by atoms with Crippen LogP contribution in [0.2, 0.25) is 15.1 Å². The van der Waals surface area contributed by atoms with E-state index in [1.807, 2.05) is 0 Å². The van der Waals surface area contributed by atoms with Crippen molar-refractivity contribution in [1.29, 1.82) is 0 Å². The second-order valence-electron chi connectivity index (χ2n) is 4.07. The molecule has 3 rings (SSSR count). The number of rotatable bonds is 1. The van der Waals surface area contributed by atoms with Crippen LogP contribution in [0, 0.1) is 0 Å². The minimum Gasteiger partial charge on any atom is -0.403 e. The van der Waals surface area contributed by atoms with Crippen LogP contribution in [0.25, 0.3) is 22.4 Å². The van der Waals surface area contributed by atoms with Gasteiger partial charge < -0.3 is 4.42 Å². The summed E-state index contributed by atoms with van der Waals surface area (Å²) in [5.74, 6) is 0.123. The largest absolute Gasteiger partial charge is 0.403 e. The molecule has 0 radical (unpaired) electrons. The molecule has 0 saturated heterocycles. The second kappa shape index (κ2) is 5.09. The molecular weight excluding hydrogens is 321 g/mol. The predicted octanol–water partition coefficient (Wildman–Crippen LogP) is 4.82. The zero-order chi connectivity index (χ0) is 14.3. The lowest BCUT2D eigenvalue weighted by atomic mass is 10.2. The number of nitrogens with zero attached hydrogens (tertiary/aromatic N) is 1. The molecule has 1 aromatic heterocycles. The van der Waals surface area contributed by atoms with Crippen molar-refractivity contribution in [3.63, 3.8) is 0 Å². The highest BCUT2D eigenvalue weighted by molar-refractivity contribution is 6.38. The molecule has 0 amide bonds. The van der Waals surface area contributed by atoms with Gasteiger partial charge in [-0.2, -0.15) is 0 Å². The van der Waals surface area contributed by atoms with Crippen molar-refractivity contribution < 1.29 is 4.42 Å². The molecule has 0 aliphatic heterocycles. The first-order valence-electron chi connectivity index (χ1n) is 5.61. The van der Waals surface area contributed by atoms with Crippen molar-refractivity contribution in [3.8, 4) is 11.5 Å². The van der Waals surface area contributed by atoms with Crippen LogP contribution in [0.3, 0.4) is 0 Å². The molecule has 20 heavy (non-hydrogen) atoms. The van der Waals surface area contributed by atoms with Crippen LogP contribution in [0.15, 0.2) is 45.6 Å². The number of fused-ring (bicyclic) bond motifs is 1. The standard InChI is InChI=1S/C14H6Cl3NO2/c15-7-5-9-12(11(17)6-7)18-13(20-14(9)19)8-3-1-2-4-10(8)16/h1-6H. The van der Waals surface area contributed by atoms with Crippen LogP contribution >= 0.6 is 34.8 Å². The summed E-state index contributed by atoms with van der Waals surface area (Å²) in [4.78, 5) is 16.3. The van der Waals surface area contributed by atoms with E-state index in [4.69, 9.17) is 39.2 Å². The van der Waals surface area contributed by atoms with Gasteiger partial charge >= 0.3 is 5.63 Å². The topological polar surface area (TPSA) is 43.1 Å². The van der Waals surface area contributed by atoms with Crippen LogP contribution in [-0.4, -0.2) is 4.98 Å². The molecule has 0 atom stereocenters. The lowest BCUT2D eigenvalue weighted by Gasteiger charge is -2.05. The van der Waals surface area contributed by atoms with Gasteiger partial charge in [0.15, 0.2) is 0 Å². The van der Waals surface area contributed by atoms with Crippen molar-refractivity contribution in [2.24, 2.45) is 0 Å². The van der Waals surface area contributed by atoms with Gasteiger partial charge in [-0.3, -0.25) is 0 Å². The van der Waals surface area contributed by atoms with E-state index in [1.54, 1.807) is 24.3 Å². The van der Waals surface area contributed by atoms with Crippen LogP contribution < -0.4 is 5.63 Å². The third-order valence-corrected chi connectivity index (χ3v) is 3.59. The van der Waals surface area contributed by atoms with E-state index < -0.39 is 5.63 Å². The average molecular weight is 327 g/mol. The summed E-state index contributed by atoms with van der Waals surface area (Å²) >= 11 is 18.0. The Hall–Kier alpha value is -1.55. The fraction of sp³-hybridized carbons (Fsp3) is 0. The van der Waals surface area contributed by atoms with Gasteiger partial charge in [-0.15, -0.1) is 0 Å². The summed E-state index contributed by atoms with van der Waals surface area (Å²) in [6.45, 7) is 0. The first-order valence-corrected chi connectivity index (χ1v) is 6.74. The Balaban J connectivity index is 2.36. The normalized spacial score (nSPS) is 10.9. The van der Waals surface area contributed by atoms with Crippen LogP contribution in [0.1, 0.15) is 0 Å². The molecule has 100 valence electrons. The van der Waals surface area contributed by atoms with Crippen LogP contribution in [-0.2, 0) is 0 Å². The zero-order valence-electron chi connectivity index (χ0n) is 9.86. The molecule has 0 aliphatic carbocycles. The number of aromatic nitrogens is 1. The van der Waals surface area contributed by atoms with Crippen LogP contribution in [0.5, 0.6) is 0 Å². The van der Waals surface area contributed by atoms with Gasteiger partial charge in [0.25, 0.3) is 0 Å². The van der Waals surface area contributed by atoms with Crippen LogP contribution in [0.4, 0.5) is 0 Å². The molecule has 0 unspecified atom stereocenters. The summed E-state index contributed by atoms with van der Waals surface area (Å²) < 4.78 is 5.20. The summed E-state index contributed by atoms with van der Waals surface area (Å²) in [6.07, 6.45) is 0. The average Bonchev–Trinajstić information content (AvgIpc) is 2.40. The SMILES string of the molecule is O=c1oc(-c2ccccc2Cl)nc2c(Cl)cc(Cl)cc12. The predicted molar refractivity (Wildman–Crippen MR) is 80.7 cm³/mol. The van der Waals surface area contributed by atoms with E-state index in [9.17, 15) is 4.79 Å². The summed E-state index contributed by atoms with van der Waals surface area (Å²) in [7, 11) is 0. The lowest BCUT2D eigenvalue weighted by Crippen LogP contribution is -2.03. The second-order valence-corrected chi connectivity index (χ2v) is 5.32. The Labute approximate surface area is 128 Å². The number of hydrogen-bond acceptors (Lipinski definition) is 3. The highest BCUT2D eigenvalue weighted by Crippen LogP contribution is 2.29. The Morgan fingerprint density at radius 3 is 2.50 bits per heavy atom. The summed E-state index contributed by atoms with van der Waals surface area (Å²) in [5, 5.41) is 1.31. The molecule has 6 heteroatoms. The number of halogens is 3. The minimum atomic E-state index is -0.561. The highest BCUT2D eigenvalue weighted by atomic mass is 35.5. The molecule has 2 aromatic carbocycles. The Bertz CT molecular complexity index is 874. The van der Waals surface area contributed by atoms with Crippen molar-refractivity contribution in [2.45, 2.75) is 0 Å². The Kier molecular flexibility index (Phi) is 3.42. The van der Waals surface area contributed by atoms with Gasteiger partial charge in [0.2, 0.25) is 5.89 Å². The molecule has 0 saturated carbocycles. The minimum absolute atomic E-state index is 0.123. The van der Waals surface area contributed by atoms with E-state index in [-0.39, 0.29) is 16.3 Å². The van der Waals surface area contributed by atoms with Crippen molar-refractivity contribution in [3.05, 3.63) is 61.9 Å². The smallest absolute Gasteiger partial charge is 0.347 e. The molecule has 0 aliphatic rings. The molecule has 3 aromatic rings. The van der Waals surface area contributed by atoms with Crippen molar-refractivity contribution >= 4 is 45.7 Å². The highest BCUT2D eigenvalue weighted by Gasteiger charge is 2.13. The quantitative estimate of drug-likeness (QED) is 0.644. The summed E-state index contributed by atoms with van der Waals surface area (Å²) in [6, 6.07) is 9.94. The number of benzene rings is 2. The van der Waals surface area contributed by atoms with E-state index in [0.29, 0.717) is 21.1 Å². The third kappa shape index (κ3) is 2.29. The van der Waals surface area contributed by atoms with E-state index in [0.717, 1.165) is 0 Å². The van der Waals surface area contributed by atoms with Gasteiger partial charge in [-0.05, 0) is 24.3 Å². The maximum Gasteiger partial charge on any atom is 0.347 e. The fourth-order valence-corrected chi connectivity index (χ4v) is 2.60. The van der Waals surface area contributed by atoms with E-state index in [1.165, 1.54) is 12.1 Å².